The van der Waals surface area contributed by atoms with E-state index in [4.69, 9.17) is 4.74 Å². The lowest BCUT2D eigenvalue weighted by Gasteiger charge is -2.32. The zero-order valence-corrected chi connectivity index (χ0v) is 24.9. The summed E-state index contributed by atoms with van der Waals surface area (Å²) in [5.74, 6) is -0.521. The zero-order valence-electron chi connectivity index (χ0n) is 24.1. The lowest BCUT2D eigenvalue weighted by molar-refractivity contribution is -0.126. The van der Waals surface area contributed by atoms with E-state index in [0.717, 1.165) is 42.4 Å². The van der Waals surface area contributed by atoms with E-state index in [0.29, 0.717) is 44.8 Å². The molecule has 222 valence electrons. The van der Waals surface area contributed by atoms with Gasteiger partial charge in [-0.3, -0.25) is 9.59 Å². The van der Waals surface area contributed by atoms with Gasteiger partial charge in [0.2, 0.25) is 15.9 Å². The van der Waals surface area contributed by atoms with Crippen LogP contribution in [0.2, 0.25) is 0 Å². The third kappa shape index (κ3) is 7.09. The van der Waals surface area contributed by atoms with Gasteiger partial charge in [-0.05, 0) is 61.6 Å². The largest absolute Gasteiger partial charge is 0.379 e. The van der Waals surface area contributed by atoms with Gasteiger partial charge in [0.25, 0.3) is 5.91 Å². The van der Waals surface area contributed by atoms with Gasteiger partial charge in [-0.2, -0.15) is 4.31 Å². The molecule has 2 aliphatic rings. The highest BCUT2D eigenvalue weighted by molar-refractivity contribution is 7.89. The fraction of sp³-hybridized carbons (Fsp3) is 0.394. The normalized spacial score (nSPS) is 17.1. The first-order valence-electron chi connectivity index (χ1n) is 14.7. The van der Waals surface area contributed by atoms with Gasteiger partial charge in [0.1, 0.15) is 6.04 Å². The molecule has 5 rings (SSSR count). The molecule has 3 aromatic carbocycles. The molecule has 1 aliphatic heterocycles. The second kappa shape index (κ2) is 13.6. The van der Waals surface area contributed by atoms with Gasteiger partial charge >= 0.3 is 0 Å². The Morgan fingerprint density at radius 3 is 2.21 bits per heavy atom. The maximum atomic E-state index is 14.2. The highest BCUT2D eigenvalue weighted by Gasteiger charge is 2.34. The third-order valence-electron chi connectivity index (χ3n) is 8.11. The van der Waals surface area contributed by atoms with Crippen LogP contribution in [0.3, 0.4) is 0 Å². The van der Waals surface area contributed by atoms with Crippen molar-refractivity contribution in [2.24, 2.45) is 0 Å². The number of rotatable bonds is 10. The highest BCUT2D eigenvalue weighted by atomic mass is 32.2. The predicted molar refractivity (Wildman–Crippen MR) is 162 cm³/mol. The molecule has 0 bridgehead atoms. The molecule has 1 aliphatic carbocycles. The Hall–Kier alpha value is -3.53. The number of ether oxygens (including phenoxy) is 1. The minimum Gasteiger partial charge on any atom is -0.379 e. The van der Waals surface area contributed by atoms with E-state index in [1.165, 1.54) is 16.4 Å². The van der Waals surface area contributed by atoms with Gasteiger partial charge in [0.15, 0.2) is 0 Å². The van der Waals surface area contributed by atoms with Crippen molar-refractivity contribution >= 4 is 21.8 Å². The molecule has 1 N–H and O–H groups in total. The summed E-state index contributed by atoms with van der Waals surface area (Å²) in [6, 6.07) is 22.9. The summed E-state index contributed by atoms with van der Waals surface area (Å²) in [4.78, 5) is 29.9. The molecule has 1 atom stereocenters. The number of amides is 2. The van der Waals surface area contributed by atoms with E-state index in [-0.39, 0.29) is 22.8 Å². The molecule has 0 aromatic heterocycles. The van der Waals surface area contributed by atoms with E-state index in [9.17, 15) is 18.0 Å². The minimum atomic E-state index is -3.70. The van der Waals surface area contributed by atoms with Crippen LogP contribution in [-0.4, -0.2) is 68.3 Å². The van der Waals surface area contributed by atoms with Gasteiger partial charge < -0.3 is 15.0 Å². The van der Waals surface area contributed by atoms with Crippen LogP contribution in [0.15, 0.2) is 83.8 Å². The first-order chi connectivity index (χ1) is 20.3. The summed E-state index contributed by atoms with van der Waals surface area (Å²) in [6.07, 6.45) is 4.59. The minimum absolute atomic E-state index is 0.0983. The second-order valence-corrected chi connectivity index (χ2v) is 13.0. The van der Waals surface area contributed by atoms with E-state index < -0.39 is 16.1 Å². The van der Waals surface area contributed by atoms with Crippen LogP contribution in [0.5, 0.6) is 0 Å². The Kier molecular flexibility index (Phi) is 9.72. The van der Waals surface area contributed by atoms with Crippen LogP contribution in [-0.2, 0) is 26.0 Å². The van der Waals surface area contributed by atoms with Crippen LogP contribution in [0.4, 0.5) is 0 Å². The van der Waals surface area contributed by atoms with Crippen molar-refractivity contribution in [3.8, 4) is 0 Å². The van der Waals surface area contributed by atoms with Gasteiger partial charge in [0, 0.05) is 31.2 Å². The fourth-order valence-corrected chi connectivity index (χ4v) is 7.09. The van der Waals surface area contributed by atoms with Crippen molar-refractivity contribution in [1.29, 1.82) is 0 Å². The lowest BCUT2D eigenvalue weighted by atomic mass is 10.00. The maximum absolute atomic E-state index is 14.2. The number of nitrogens with one attached hydrogen (secondary N) is 1. The molecule has 0 unspecified atom stereocenters. The summed E-state index contributed by atoms with van der Waals surface area (Å²) >= 11 is 0. The monoisotopic (exact) mass is 589 g/mol. The molecule has 3 aromatic rings. The van der Waals surface area contributed by atoms with Crippen LogP contribution in [0, 0.1) is 6.92 Å². The second-order valence-electron chi connectivity index (χ2n) is 11.1. The van der Waals surface area contributed by atoms with Gasteiger partial charge in [-0.25, -0.2) is 8.42 Å². The van der Waals surface area contributed by atoms with Crippen LogP contribution in [0.1, 0.15) is 58.8 Å². The average molecular weight is 590 g/mol. The van der Waals surface area contributed by atoms with Crippen molar-refractivity contribution in [2.75, 3.05) is 32.8 Å². The molecule has 1 saturated heterocycles. The third-order valence-corrected chi connectivity index (χ3v) is 10.0. The summed E-state index contributed by atoms with van der Waals surface area (Å²) in [7, 11) is -3.70. The molecule has 0 spiro atoms. The predicted octanol–water partition coefficient (Wildman–Crippen LogP) is 4.50. The smallest absolute Gasteiger partial charge is 0.254 e. The first kappa shape index (κ1) is 29.9. The molecule has 0 radical (unpaired) electrons. The zero-order chi connectivity index (χ0) is 29.5. The summed E-state index contributed by atoms with van der Waals surface area (Å²) < 4.78 is 33.0. The van der Waals surface area contributed by atoms with Gasteiger partial charge in [-0.15, -0.1) is 0 Å². The Labute approximate surface area is 248 Å². The van der Waals surface area contributed by atoms with Crippen LogP contribution < -0.4 is 5.32 Å². The maximum Gasteiger partial charge on any atom is 0.254 e. The summed E-state index contributed by atoms with van der Waals surface area (Å²) in [5, 5.41) is 3.21. The molecule has 2 fully saturated rings. The van der Waals surface area contributed by atoms with Crippen LogP contribution >= 0.6 is 0 Å². The van der Waals surface area contributed by atoms with Crippen molar-refractivity contribution in [2.45, 2.75) is 56.0 Å². The molecule has 9 heteroatoms. The standard InChI is InChI=1S/C33H39N3O5S/c1-25-11-13-27(14-12-25)31(32(37)34-29-9-5-6-10-29)36(20-19-26-7-3-2-4-8-26)33(38)28-15-17-30(18-16-28)42(39,40)35-21-23-41-24-22-35/h2-4,7-8,11-18,29,31H,5-6,9-10,19-24H2,1H3,(H,34,37)/t31-/m1/s1. The lowest BCUT2D eigenvalue weighted by Crippen LogP contribution is -2.46. The Morgan fingerprint density at radius 2 is 1.57 bits per heavy atom. The summed E-state index contributed by atoms with van der Waals surface area (Å²) in [6.45, 7) is 3.61. The topological polar surface area (TPSA) is 96.0 Å². The summed E-state index contributed by atoms with van der Waals surface area (Å²) in [5.41, 5.74) is 3.19. The number of hydrogen-bond acceptors (Lipinski definition) is 5. The van der Waals surface area contributed by atoms with E-state index in [2.05, 4.69) is 5.32 Å². The van der Waals surface area contributed by atoms with Gasteiger partial charge in [0.05, 0.1) is 18.1 Å². The Bertz CT molecular complexity index is 1450. The SMILES string of the molecule is Cc1ccc([C@H](C(=O)NC2CCCC2)N(CCc2ccccc2)C(=O)c2ccc(S(=O)(=O)N3CCOCC3)cc2)cc1. The molecule has 1 heterocycles. The van der Waals surface area contributed by atoms with Crippen molar-refractivity contribution in [3.05, 3.63) is 101 Å². The van der Waals surface area contributed by atoms with Gasteiger partial charge in [-0.1, -0.05) is 73.0 Å². The van der Waals surface area contributed by atoms with Crippen molar-refractivity contribution < 1.29 is 22.7 Å². The fourth-order valence-electron chi connectivity index (χ4n) is 5.69. The van der Waals surface area contributed by atoms with E-state index >= 15 is 0 Å². The number of morpholine rings is 1. The number of carbonyl (C=O) groups is 2. The quantitative estimate of drug-likeness (QED) is 0.376. The Morgan fingerprint density at radius 1 is 0.929 bits per heavy atom. The van der Waals surface area contributed by atoms with Crippen molar-refractivity contribution in [1.82, 2.24) is 14.5 Å². The molecule has 8 nitrogen and oxygen atoms in total. The molecule has 1 saturated carbocycles. The molecule has 42 heavy (non-hydrogen) atoms. The molecular weight excluding hydrogens is 550 g/mol. The first-order valence-corrected chi connectivity index (χ1v) is 16.2. The number of hydrogen-bond donors (Lipinski definition) is 1. The molecule has 2 amide bonds. The molecular formula is C33H39N3O5S. The number of benzene rings is 3. The number of aryl methyl sites for hydroxylation is 1. The highest BCUT2D eigenvalue weighted by Crippen LogP contribution is 2.27. The van der Waals surface area contributed by atoms with E-state index in [1.807, 2.05) is 61.5 Å². The number of nitrogens with zero attached hydrogens (tertiary/aromatic N) is 2. The van der Waals surface area contributed by atoms with Crippen molar-refractivity contribution in [3.63, 3.8) is 0 Å². The van der Waals surface area contributed by atoms with E-state index in [1.54, 1.807) is 17.0 Å². The van der Waals surface area contributed by atoms with Crippen LogP contribution in [0.25, 0.3) is 0 Å². The average Bonchev–Trinajstić information content (AvgIpc) is 3.53. The number of carbonyl (C=O) groups excluding carboxylic acids is 2. The number of sulfonamides is 1. The Balaban J connectivity index is 1.47.